The number of aliphatic hydroxyl groups is 3. The van der Waals surface area contributed by atoms with Crippen molar-refractivity contribution in [2.24, 2.45) is 17.4 Å². The Morgan fingerprint density at radius 2 is 1.91 bits per heavy atom. The highest BCUT2D eigenvalue weighted by Gasteiger charge is 2.30. The van der Waals surface area contributed by atoms with E-state index in [0.717, 1.165) is 22.3 Å². The normalized spacial score (nSPS) is 13.7. The fraction of sp³-hybridized carbons (Fsp3) is 0.308. The maximum atomic E-state index is 13.0. The highest BCUT2D eigenvalue weighted by Crippen LogP contribution is 2.39. The number of aldehydes is 1. The van der Waals surface area contributed by atoms with Gasteiger partial charge in [-0.25, -0.2) is 4.98 Å². The fourth-order valence-corrected chi connectivity index (χ4v) is 4.59. The van der Waals surface area contributed by atoms with Gasteiger partial charge in [-0.2, -0.15) is 0 Å². The molecule has 11 N–H and O–H groups in total. The van der Waals surface area contributed by atoms with Crippen LogP contribution in [-0.4, -0.2) is 88.5 Å². The highest BCUT2D eigenvalue weighted by molar-refractivity contribution is 7.17. The Labute approximate surface area is 254 Å². The molecular formula is C26H32N8O9S. The number of rotatable bonds is 14. The van der Waals surface area contributed by atoms with Crippen molar-refractivity contribution in [2.45, 2.75) is 18.9 Å². The van der Waals surface area contributed by atoms with Crippen LogP contribution in [0.4, 0.5) is 5.69 Å². The predicted octanol–water partition coefficient (Wildman–Crippen LogP) is -2.18. The Bertz CT molecular complexity index is 1490. The summed E-state index contributed by atoms with van der Waals surface area (Å²) >= 11 is 0.962. The molecule has 0 bridgehead atoms. The second-order valence-corrected chi connectivity index (χ2v) is 10.4. The average molecular weight is 633 g/mol. The summed E-state index contributed by atoms with van der Waals surface area (Å²) in [5.41, 5.74) is 11.6. The lowest BCUT2D eigenvalue weighted by molar-refractivity contribution is -0.325. The van der Waals surface area contributed by atoms with Gasteiger partial charge < -0.3 is 57.2 Å². The number of carbonyl (C=O) groups is 5. The van der Waals surface area contributed by atoms with E-state index in [0.29, 0.717) is 29.7 Å². The van der Waals surface area contributed by atoms with E-state index >= 15 is 0 Å². The fourth-order valence-electron chi connectivity index (χ4n) is 3.69. The zero-order valence-electron chi connectivity index (χ0n) is 23.6. The Balaban J connectivity index is 1.99. The van der Waals surface area contributed by atoms with Gasteiger partial charge in [0, 0.05) is 19.0 Å². The minimum atomic E-state index is -3.58. The van der Waals surface area contributed by atoms with Gasteiger partial charge in [-0.3, -0.25) is 24.5 Å². The summed E-state index contributed by atoms with van der Waals surface area (Å²) in [6.07, 6.45) is 0.720. The smallest absolute Gasteiger partial charge is 0.369 e. The number of nitrogens with zero attached hydrogens (tertiary/aromatic N) is 2. The van der Waals surface area contributed by atoms with Crippen LogP contribution in [0.2, 0.25) is 0 Å². The largest absolute Gasteiger partial charge is 0.494 e. The van der Waals surface area contributed by atoms with Gasteiger partial charge >= 0.3 is 6.10 Å². The van der Waals surface area contributed by atoms with Crippen LogP contribution in [0.15, 0.2) is 47.7 Å². The number of aromatic nitrogens is 1. The molecule has 0 radical (unpaired) electrons. The number of carbonyl (C=O) groups excluding carboxylic acids is 5. The van der Waals surface area contributed by atoms with Crippen LogP contribution in [0.3, 0.4) is 0 Å². The van der Waals surface area contributed by atoms with E-state index in [9.17, 15) is 39.3 Å². The molecule has 2 aromatic rings. The van der Waals surface area contributed by atoms with Crippen LogP contribution >= 0.6 is 11.3 Å². The van der Waals surface area contributed by atoms with Crippen LogP contribution in [0.1, 0.15) is 22.5 Å². The average Bonchev–Trinajstić information content (AvgIpc) is 3.71. The third-order valence-corrected chi connectivity index (χ3v) is 6.98. The van der Waals surface area contributed by atoms with E-state index in [4.69, 9.17) is 16.2 Å². The van der Waals surface area contributed by atoms with Crippen molar-refractivity contribution < 1.29 is 44.0 Å². The first-order chi connectivity index (χ1) is 20.8. The van der Waals surface area contributed by atoms with Gasteiger partial charge in [0.25, 0.3) is 11.8 Å². The quantitative estimate of drug-likeness (QED) is 0.0464. The molecule has 0 unspecified atom stereocenters. The molecule has 1 aliphatic rings. The highest BCUT2D eigenvalue weighted by atomic mass is 32.1. The second kappa shape index (κ2) is 14.4. The number of hydrogen-bond acceptors (Lipinski definition) is 14. The van der Waals surface area contributed by atoms with Crippen molar-refractivity contribution in [3.8, 4) is 16.3 Å². The van der Waals surface area contributed by atoms with Gasteiger partial charge in [-0.1, -0.05) is 6.07 Å². The van der Waals surface area contributed by atoms with Gasteiger partial charge in [-0.05, 0) is 25.0 Å². The maximum absolute atomic E-state index is 13.0. The van der Waals surface area contributed by atoms with E-state index in [2.05, 4.69) is 20.9 Å². The summed E-state index contributed by atoms with van der Waals surface area (Å²) in [6, 6.07) is 4.74. The molecule has 17 nitrogen and oxygen atoms in total. The monoisotopic (exact) mass is 632 g/mol. The number of thiazole rings is 1. The number of anilines is 1. The number of hydrogen-bond donors (Lipinski definition) is 9. The molecule has 18 heteroatoms. The molecule has 1 aromatic carbocycles. The summed E-state index contributed by atoms with van der Waals surface area (Å²) in [6.45, 7) is -0.649. The zero-order valence-corrected chi connectivity index (χ0v) is 24.4. The van der Waals surface area contributed by atoms with Crippen LogP contribution in [0.5, 0.6) is 5.75 Å². The summed E-state index contributed by atoms with van der Waals surface area (Å²) < 4.78 is 5.59. The number of likely N-dealkylation sites (N-methyl/N-ethyl adjacent to an activating group) is 1. The van der Waals surface area contributed by atoms with E-state index in [-0.39, 0.29) is 52.7 Å². The lowest BCUT2D eigenvalue weighted by Gasteiger charge is -2.19. The van der Waals surface area contributed by atoms with E-state index < -0.39 is 29.5 Å². The topological polar surface area (TPSA) is 272 Å². The zero-order chi connectivity index (χ0) is 32.6. The summed E-state index contributed by atoms with van der Waals surface area (Å²) in [7, 11) is 2.74. The van der Waals surface area contributed by atoms with Gasteiger partial charge in [0.2, 0.25) is 11.8 Å². The van der Waals surface area contributed by atoms with E-state index in [1.807, 2.05) is 0 Å². The summed E-state index contributed by atoms with van der Waals surface area (Å²) in [5, 5.41) is 37.0. The Hall–Kier alpha value is -5.04. The Morgan fingerprint density at radius 1 is 1.20 bits per heavy atom. The van der Waals surface area contributed by atoms with Crippen LogP contribution in [0.25, 0.3) is 10.6 Å². The molecule has 0 spiro atoms. The molecule has 3 rings (SSSR count). The number of para-hydroxylation sites is 1. The van der Waals surface area contributed by atoms with Gasteiger partial charge in [-0.15, -0.1) is 11.3 Å². The van der Waals surface area contributed by atoms with Crippen LogP contribution in [0, 0.1) is 5.92 Å². The van der Waals surface area contributed by atoms with Crippen molar-refractivity contribution in [3.63, 3.8) is 0 Å². The Morgan fingerprint density at radius 3 is 2.50 bits per heavy atom. The van der Waals surface area contributed by atoms with Gasteiger partial charge in [0.1, 0.15) is 34.2 Å². The molecule has 236 valence electrons. The van der Waals surface area contributed by atoms with Crippen LogP contribution in [-0.2, 0) is 19.2 Å². The maximum Gasteiger partial charge on any atom is 0.369 e. The molecule has 0 atom stereocenters. The number of nitrogens with one attached hydrogen (secondary N) is 4. The number of amides is 4. The predicted molar refractivity (Wildman–Crippen MR) is 156 cm³/mol. The summed E-state index contributed by atoms with van der Waals surface area (Å²) in [4.78, 5) is 66.1. The molecule has 0 aliphatic heterocycles. The number of nitrogens with two attached hydrogens (primary N) is 2. The molecule has 1 saturated carbocycles. The number of ether oxygens (including phenoxy) is 1. The van der Waals surface area contributed by atoms with E-state index in [1.54, 1.807) is 12.1 Å². The van der Waals surface area contributed by atoms with Gasteiger partial charge in [0.05, 0.1) is 36.8 Å². The van der Waals surface area contributed by atoms with Crippen LogP contribution < -0.4 is 37.5 Å². The molecule has 0 saturated heterocycles. The molecular weight excluding hydrogens is 600 g/mol. The van der Waals surface area contributed by atoms with Gasteiger partial charge in [0.15, 0.2) is 5.75 Å². The van der Waals surface area contributed by atoms with Crippen molar-refractivity contribution in [3.05, 3.63) is 52.6 Å². The Kier molecular flexibility index (Phi) is 11.0. The molecule has 1 aliphatic carbocycles. The minimum Gasteiger partial charge on any atom is -0.494 e. The first kappa shape index (κ1) is 33.5. The number of methoxy groups -OCH3 is 1. The first-order valence-electron chi connectivity index (χ1n) is 12.9. The summed E-state index contributed by atoms with van der Waals surface area (Å²) in [5.74, 6) is -2.93. The lowest BCUT2D eigenvalue weighted by atomic mass is 10.1. The molecule has 4 amide bonds. The molecule has 1 heterocycles. The lowest BCUT2D eigenvalue weighted by Crippen LogP contribution is -2.50. The molecule has 44 heavy (non-hydrogen) atoms. The third kappa shape index (κ3) is 8.98. The second-order valence-electron chi connectivity index (χ2n) is 9.35. The molecule has 1 fully saturated rings. The first-order valence-corrected chi connectivity index (χ1v) is 13.7. The molecule has 1 aromatic heterocycles. The van der Waals surface area contributed by atoms with Crippen molar-refractivity contribution in [1.82, 2.24) is 25.8 Å². The van der Waals surface area contributed by atoms with E-state index in [1.165, 1.54) is 31.7 Å². The third-order valence-electron chi connectivity index (χ3n) is 5.96. The minimum absolute atomic E-state index is 0.135. The standard InChI is InChI=1S/C26H32N8O9S/c1-29-19(36)12-34(8-9-35)25(39)17-11-30-24(44-17)14-4-3-5-15(21(14)43-2)31-16(20(28)23(38)33-26(40,41)42)10-18(27)32-22(37)13-6-7-13/h3-5,9-11,13,31,40-42H,6-8,12,27-28H2,1-2H3,(H,29,36)(H,32,37)(H,33,38)/b18-10+,20-16+. The van der Waals surface area contributed by atoms with Crippen molar-refractivity contribution in [1.29, 1.82) is 0 Å². The number of allylic oxidation sites excluding steroid dienone is 1. The van der Waals surface area contributed by atoms with Crippen molar-refractivity contribution in [2.75, 3.05) is 32.6 Å². The SMILES string of the molecule is CNC(=O)CN(CC=O)C(=O)c1cnc(-c2cccc(NC(/C=C(\N)NC(=O)C3CC3)=C(/N)C(=O)NC(O)(O)O)c2OC)s1. The van der Waals surface area contributed by atoms with Crippen molar-refractivity contribution >= 4 is 46.9 Å². The number of benzene rings is 1.